The Balaban J connectivity index is 2.03. The van der Waals surface area contributed by atoms with E-state index >= 15 is 0 Å². The van der Waals surface area contributed by atoms with E-state index in [1.807, 2.05) is 0 Å². The molecular weight excluding hydrogens is 209 g/mol. The standard InChI is InChI=1S/C12H16FNO2/c1-15-12-7-9(4-5-11(12)13)14-10-3-2-6-16-8-10/h4-5,7,10,14H,2-3,6,8H2,1H3. The number of halogens is 1. The van der Waals surface area contributed by atoms with Gasteiger partial charge in [-0.15, -0.1) is 0 Å². The number of methoxy groups -OCH3 is 1. The van der Waals surface area contributed by atoms with Crippen molar-refractivity contribution in [2.24, 2.45) is 0 Å². The fraction of sp³-hybridized carbons (Fsp3) is 0.500. The molecule has 0 radical (unpaired) electrons. The van der Waals surface area contributed by atoms with E-state index in [1.54, 1.807) is 12.1 Å². The lowest BCUT2D eigenvalue weighted by Crippen LogP contribution is -2.29. The summed E-state index contributed by atoms with van der Waals surface area (Å²) in [7, 11) is 1.46. The molecule has 88 valence electrons. The first-order chi connectivity index (χ1) is 7.79. The molecule has 1 unspecified atom stereocenters. The molecule has 1 aliphatic heterocycles. The number of benzene rings is 1. The summed E-state index contributed by atoms with van der Waals surface area (Å²) < 4.78 is 23.5. The van der Waals surface area contributed by atoms with Crippen LogP contribution in [0.5, 0.6) is 5.75 Å². The normalized spacial score (nSPS) is 20.5. The number of ether oxygens (including phenoxy) is 2. The molecule has 1 aromatic carbocycles. The molecule has 0 saturated carbocycles. The van der Waals surface area contributed by atoms with Crippen LogP contribution in [0.15, 0.2) is 18.2 Å². The number of hydrogen-bond acceptors (Lipinski definition) is 3. The summed E-state index contributed by atoms with van der Waals surface area (Å²) in [6.07, 6.45) is 2.15. The molecule has 1 aromatic rings. The Labute approximate surface area is 94.6 Å². The van der Waals surface area contributed by atoms with E-state index in [1.165, 1.54) is 13.2 Å². The van der Waals surface area contributed by atoms with Crippen molar-refractivity contribution in [1.29, 1.82) is 0 Å². The molecule has 1 fully saturated rings. The quantitative estimate of drug-likeness (QED) is 0.857. The van der Waals surface area contributed by atoms with Crippen molar-refractivity contribution in [2.45, 2.75) is 18.9 Å². The minimum atomic E-state index is -0.340. The van der Waals surface area contributed by atoms with Gasteiger partial charge in [0, 0.05) is 24.4 Å². The van der Waals surface area contributed by atoms with E-state index in [0.29, 0.717) is 12.6 Å². The smallest absolute Gasteiger partial charge is 0.165 e. The second kappa shape index (κ2) is 5.16. The molecule has 1 heterocycles. The van der Waals surface area contributed by atoms with E-state index in [4.69, 9.17) is 9.47 Å². The van der Waals surface area contributed by atoms with Gasteiger partial charge in [-0.25, -0.2) is 4.39 Å². The molecule has 0 aromatic heterocycles. The zero-order valence-electron chi connectivity index (χ0n) is 9.33. The van der Waals surface area contributed by atoms with Gasteiger partial charge in [0.25, 0.3) is 0 Å². The third kappa shape index (κ3) is 2.64. The molecule has 4 heteroatoms. The molecular formula is C12H16FNO2. The van der Waals surface area contributed by atoms with Gasteiger partial charge in [-0.05, 0) is 25.0 Å². The summed E-state index contributed by atoms with van der Waals surface area (Å²) in [4.78, 5) is 0. The average Bonchev–Trinajstić information content (AvgIpc) is 2.33. The molecule has 0 spiro atoms. The number of rotatable bonds is 3. The van der Waals surface area contributed by atoms with Crippen molar-refractivity contribution in [3.8, 4) is 5.75 Å². The fourth-order valence-electron chi connectivity index (χ4n) is 1.84. The second-order valence-electron chi connectivity index (χ2n) is 3.91. The lowest BCUT2D eigenvalue weighted by molar-refractivity contribution is 0.0876. The lowest BCUT2D eigenvalue weighted by Gasteiger charge is -2.24. The predicted octanol–water partition coefficient (Wildman–Crippen LogP) is 2.43. The van der Waals surface area contributed by atoms with Crippen molar-refractivity contribution >= 4 is 5.69 Å². The van der Waals surface area contributed by atoms with E-state index in [-0.39, 0.29) is 11.6 Å². The highest BCUT2D eigenvalue weighted by molar-refractivity contribution is 5.49. The molecule has 1 N–H and O–H groups in total. The Kier molecular flexibility index (Phi) is 3.62. The van der Waals surface area contributed by atoms with Crippen LogP contribution in [0.2, 0.25) is 0 Å². The van der Waals surface area contributed by atoms with E-state index < -0.39 is 0 Å². The molecule has 3 nitrogen and oxygen atoms in total. The molecule has 1 atom stereocenters. The summed E-state index contributed by atoms with van der Waals surface area (Å²) in [6, 6.07) is 5.10. The van der Waals surface area contributed by atoms with Crippen molar-refractivity contribution in [3.05, 3.63) is 24.0 Å². The maximum absolute atomic E-state index is 13.2. The van der Waals surface area contributed by atoms with Gasteiger partial charge in [-0.1, -0.05) is 0 Å². The van der Waals surface area contributed by atoms with Gasteiger partial charge in [0.15, 0.2) is 11.6 Å². The highest BCUT2D eigenvalue weighted by atomic mass is 19.1. The topological polar surface area (TPSA) is 30.5 Å². The Morgan fingerprint density at radius 2 is 2.38 bits per heavy atom. The summed E-state index contributed by atoms with van der Waals surface area (Å²) in [6.45, 7) is 1.55. The fourth-order valence-corrected chi connectivity index (χ4v) is 1.84. The molecule has 16 heavy (non-hydrogen) atoms. The zero-order chi connectivity index (χ0) is 11.4. The van der Waals surface area contributed by atoms with Gasteiger partial charge in [0.1, 0.15) is 0 Å². The van der Waals surface area contributed by atoms with Crippen molar-refractivity contribution in [2.75, 3.05) is 25.6 Å². The predicted molar refractivity (Wildman–Crippen MR) is 60.4 cm³/mol. The number of anilines is 1. The number of hydrogen-bond donors (Lipinski definition) is 1. The van der Waals surface area contributed by atoms with Gasteiger partial charge >= 0.3 is 0 Å². The molecule has 0 aliphatic carbocycles. The highest BCUT2D eigenvalue weighted by Crippen LogP contribution is 2.23. The first-order valence-corrected chi connectivity index (χ1v) is 5.47. The largest absolute Gasteiger partial charge is 0.494 e. The molecule has 0 amide bonds. The van der Waals surface area contributed by atoms with Crippen LogP contribution < -0.4 is 10.1 Å². The van der Waals surface area contributed by atoms with Gasteiger partial charge in [-0.3, -0.25) is 0 Å². The monoisotopic (exact) mass is 225 g/mol. The van der Waals surface area contributed by atoms with E-state index in [2.05, 4.69) is 5.32 Å². The molecule has 0 bridgehead atoms. The van der Waals surface area contributed by atoms with Crippen LogP contribution >= 0.6 is 0 Å². The van der Waals surface area contributed by atoms with Crippen LogP contribution in [-0.2, 0) is 4.74 Å². The van der Waals surface area contributed by atoms with Crippen LogP contribution in [0.1, 0.15) is 12.8 Å². The third-order valence-electron chi connectivity index (χ3n) is 2.68. The third-order valence-corrected chi connectivity index (χ3v) is 2.68. The molecule has 2 rings (SSSR count). The van der Waals surface area contributed by atoms with E-state index in [9.17, 15) is 4.39 Å². The minimum absolute atomic E-state index is 0.265. The summed E-state index contributed by atoms with van der Waals surface area (Å²) >= 11 is 0. The van der Waals surface area contributed by atoms with Crippen LogP contribution in [-0.4, -0.2) is 26.4 Å². The summed E-state index contributed by atoms with van der Waals surface area (Å²) in [5, 5.41) is 3.31. The highest BCUT2D eigenvalue weighted by Gasteiger charge is 2.14. The first-order valence-electron chi connectivity index (χ1n) is 5.47. The Morgan fingerprint density at radius 1 is 1.50 bits per heavy atom. The van der Waals surface area contributed by atoms with Gasteiger partial charge in [-0.2, -0.15) is 0 Å². The van der Waals surface area contributed by atoms with Crippen LogP contribution in [0, 0.1) is 5.82 Å². The summed E-state index contributed by atoms with van der Waals surface area (Å²) in [5.41, 5.74) is 0.869. The Morgan fingerprint density at radius 3 is 3.06 bits per heavy atom. The SMILES string of the molecule is COc1cc(NC2CCCOC2)ccc1F. The van der Waals surface area contributed by atoms with Crippen molar-refractivity contribution in [3.63, 3.8) is 0 Å². The summed E-state index contributed by atoms with van der Waals surface area (Å²) in [5.74, 6) is -0.0744. The zero-order valence-corrected chi connectivity index (χ0v) is 9.33. The van der Waals surface area contributed by atoms with Crippen molar-refractivity contribution < 1.29 is 13.9 Å². The van der Waals surface area contributed by atoms with Gasteiger partial charge < -0.3 is 14.8 Å². The first kappa shape index (κ1) is 11.2. The van der Waals surface area contributed by atoms with Crippen LogP contribution in [0.4, 0.5) is 10.1 Å². The average molecular weight is 225 g/mol. The maximum Gasteiger partial charge on any atom is 0.165 e. The van der Waals surface area contributed by atoms with Crippen molar-refractivity contribution in [1.82, 2.24) is 0 Å². The number of nitrogens with one attached hydrogen (secondary N) is 1. The minimum Gasteiger partial charge on any atom is -0.494 e. The van der Waals surface area contributed by atoms with Crippen LogP contribution in [0.25, 0.3) is 0 Å². The molecule has 1 aliphatic rings. The van der Waals surface area contributed by atoms with Crippen LogP contribution in [0.3, 0.4) is 0 Å². The van der Waals surface area contributed by atoms with Gasteiger partial charge in [0.05, 0.1) is 13.7 Å². The second-order valence-corrected chi connectivity index (χ2v) is 3.91. The maximum atomic E-state index is 13.2. The Hall–Kier alpha value is -1.29. The van der Waals surface area contributed by atoms with E-state index in [0.717, 1.165) is 25.1 Å². The lowest BCUT2D eigenvalue weighted by atomic mass is 10.1. The molecule has 1 saturated heterocycles. The van der Waals surface area contributed by atoms with Gasteiger partial charge in [0.2, 0.25) is 0 Å². The Bertz CT molecular complexity index is 351.